The summed E-state index contributed by atoms with van der Waals surface area (Å²) >= 11 is 0. The van der Waals surface area contributed by atoms with Crippen molar-refractivity contribution in [1.82, 2.24) is 4.90 Å². The maximum absolute atomic E-state index is 12.5. The molecule has 0 spiro atoms. The molecular weight excluding hydrogens is 276 g/mol. The molecule has 0 aromatic heterocycles. The molecule has 2 aromatic rings. The van der Waals surface area contributed by atoms with Gasteiger partial charge in [-0.05, 0) is 43.7 Å². The summed E-state index contributed by atoms with van der Waals surface area (Å²) in [4.78, 5) is 25.3. The molecule has 1 unspecified atom stereocenters. The first-order valence-corrected chi connectivity index (χ1v) is 7.13. The van der Waals surface area contributed by atoms with Gasteiger partial charge in [-0.3, -0.25) is 9.59 Å². The number of primary amides is 1. The Bertz CT molecular complexity index is 675. The Morgan fingerprint density at radius 1 is 0.955 bits per heavy atom. The largest absolute Gasteiger partial charge is 0.366 e. The summed E-state index contributed by atoms with van der Waals surface area (Å²) in [6, 6.07) is 14.5. The Morgan fingerprint density at radius 2 is 1.45 bits per heavy atom. The fourth-order valence-corrected chi connectivity index (χ4v) is 2.23. The number of benzene rings is 2. The molecular formula is C18H20N2O2. The van der Waals surface area contributed by atoms with Crippen molar-refractivity contribution in [3.63, 3.8) is 0 Å². The number of carbonyl (C=O) groups is 2. The molecule has 2 aromatic carbocycles. The van der Waals surface area contributed by atoms with Crippen LogP contribution in [-0.2, 0) is 0 Å². The zero-order valence-electron chi connectivity index (χ0n) is 13.0. The molecule has 0 aliphatic rings. The predicted octanol–water partition coefficient (Wildman–Crippen LogP) is 2.93. The third-order valence-corrected chi connectivity index (χ3v) is 3.88. The summed E-state index contributed by atoms with van der Waals surface area (Å²) in [6.07, 6.45) is 0. The minimum absolute atomic E-state index is 0.0380. The second-order valence-electron chi connectivity index (χ2n) is 5.44. The number of rotatable bonds is 4. The Kier molecular flexibility index (Phi) is 4.61. The molecule has 4 nitrogen and oxygen atoms in total. The highest BCUT2D eigenvalue weighted by atomic mass is 16.2. The molecule has 0 heterocycles. The Balaban J connectivity index is 2.17. The highest BCUT2D eigenvalue weighted by Gasteiger charge is 2.19. The van der Waals surface area contributed by atoms with Gasteiger partial charge in [0.25, 0.3) is 5.91 Å². The van der Waals surface area contributed by atoms with Crippen LogP contribution in [0.5, 0.6) is 0 Å². The Hall–Kier alpha value is -2.62. The molecule has 1 atom stereocenters. The molecule has 0 bridgehead atoms. The maximum Gasteiger partial charge on any atom is 0.254 e. The van der Waals surface area contributed by atoms with Crippen molar-refractivity contribution >= 4 is 11.8 Å². The quantitative estimate of drug-likeness (QED) is 0.942. The highest BCUT2D eigenvalue weighted by molar-refractivity contribution is 5.97. The lowest BCUT2D eigenvalue weighted by Crippen LogP contribution is -2.29. The van der Waals surface area contributed by atoms with Gasteiger partial charge in [0, 0.05) is 18.2 Å². The zero-order chi connectivity index (χ0) is 16.3. The average Bonchev–Trinajstić information content (AvgIpc) is 2.53. The fourth-order valence-electron chi connectivity index (χ4n) is 2.23. The lowest BCUT2D eigenvalue weighted by Gasteiger charge is -2.25. The van der Waals surface area contributed by atoms with E-state index in [0.717, 1.165) is 5.56 Å². The van der Waals surface area contributed by atoms with Crippen LogP contribution in [0.15, 0.2) is 48.5 Å². The van der Waals surface area contributed by atoms with Crippen molar-refractivity contribution in [2.75, 3.05) is 7.05 Å². The molecule has 0 saturated heterocycles. The van der Waals surface area contributed by atoms with Crippen LogP contribution in [0, 0.1) is 6.92 Å². The van der Waals surface area contributed by atoms with Gasteiger partial charge in [0.1, 0.15) is 0 Å². The van der Waals surface area contributed by atoms with Crippen LogP contribution in [0.1, 0.15) is 44.8 Å². The van der Waals surface area contributed by atoms with Crippen LogP contribution in [0.2, 0.25) is 0 Å². The zero-order valence-corrected chi connectivity index (χ0v) is 13.0. The van der Waals surface area contributed by atoms with E-state index in [1.54, 1.807) is 36.2 Å². The van der Waals surface area contributed by atoms with Gasteiger partial charge < -0.3 is 10.6 Å². The molecule has 114 valence electrons. The van der Waals surface area contributed by atoms with E-state index in [1.807, 2.05) is 38.1 Å². The molecule has 2 N–H and O–H groups in total. The van der Waals surface area contributed by atoms with Crippen LogP contribution in [0.3, 0.4) is 0 Å². The van der Waals surface area contributed by atoms with Crippen LogP contribution < -0.4 is 5.73 Å². The van der Waals surface area contributed by atoms with E-state index in [1.165, 1.54) is 5.56 Å². The van der Waals surface area contributed by atoms with E-state index < -0.39 is 5.91 Å². The first-order valence-electron chi connectivity index (χ1n) is 7.13. The lowest BCUT2D eigenvalue weighted by atomic mass is 10.0. The molecule has 0 saturated carbocycles. The topological polar surface area (TPSA) is 63.4 Å². The van der Waals surface area contributed by atoms with Crippen molar-refractivity contribution in [3.05, 3.63) is 70.8 Å². The van der Waals surface area contributed by atoms with Gasteiger partial charge in [-0.2, -0.15) is 0 Å². The van der Waals surface area contributed by atoms with Crippen molar-refractivity contribution in [3.8, 4) is 0 Å². The Morgan fingerprint density at radius 3 is 1.95 bits per heavy atom. The normalized spacial score (nSPS) is 11.8. The van der Waals surface area contributed by atoms with Crippen molar-refractivity contribution in [1.29, 1.82) is 0 Å². The van der Waals surface area contributed by atoms with Crippen LogP contribution in [0.4, 0.5) is 0 Å². The van der Waals surface area contributed by atoms with Crippen LogP contribution in [-0.4, -0.2) is 23.8 Å². The molecule has 2 amide bonds. The number of nitrogens with zero attached hydrogens (tertiary/aromatic N) is 1. The summed E-state index contributed by atoms with van der Waals surface area (Å²) in [5.41, 5.74) is 8.40. The monoisotopic (exact) mass is 296 g/mol. The SMILES string of the molecule is Cc1ccc(C(C)N(C)C(=O)c2ccc(C(N)=O)cc2)cc1. The number of amides is 2. The molecule has 2 rings (SSSR count). The second kappa shape index (κ2) is 6.43. The van der Waals surface area contributed by atoms with Gasteiger partial charge in [-0.15, -0.1) is 0 Å². The van der Waals surface area contributed by atoms with Gasteiger partial charge in [0.2, 0.25) is 5.91 Å². The lowest BCUT2D eigenvalue weighted by molar-refractivity contribution is 0.0742. The maximum atomic E-state index is 12.5. The van der Waals surface area contributed by atoms with Gasteiger partial charge >= 0.3 is 0 Å². The van der Waals surface area contributed by atoms with Crippen LogP contribution in [0.25, 0.3) is 0 Å². The summed E-state index contributed by atoms with van der Waals surface area (Å²) in [5.74, 6) is -0.593. The molecule has 4 heteroatoms. The third-order valence-electron chi connectivity index (χ3n) is 3.88. The summed E-state index contributed by atoms with van der Waals surface area (Å²) < 4.78 is 0. The van der Waals surface area contributed by atoms with Gasteiger partial charge in [0.05, 0.1) is 6.04 Å². The predicted molar refractivity (Wildman–Crippen MR) is 86.6 cm³/mol. The highest BCUT2D eigenvalue weighted by Crippen LogP contribution is 2.21. The number of hydrogen-bond donors (Lipinski definition) is 1. The average molecular weight is 296 g/mol. The molecule has 0 fully saturated rings. The summed E-state index contributed by atoms with van der Waals surface area (Å²) in [6.45, 7) is 4.02. The number of hydrogen-bond acceptors (Lipinski definition) is 2. The third kappa shape index (κ3) is 3.34. The van der Waals surface area contributed by atoms with Crippen molar-refractivity contribution < 1.29 is 9.59 Å². The summed E-state index contributed by atoms with van der Waals surface area (Å²) in [7, 11) is 1.77. The Labute approximate surface area is 130 Å². The molecule has 0 aliphatic heterocycles. The molecule has 0 radical (unpaired) electrons. The van der Waals surface area contributed by atoms with E-state index in [9.17, 15) is 9.59 Å². The first kappa shape index (κ1) is 15.8. The smallest absolute Gasteiger partial charge is 0.254 e. The standard InChI is InChI=1S/C18H20N2O2/c1-12-4-6-14(7-5-12)13(2)20(3)18(22)16-10-8-15(9-11-16)17(19)21/h4-11,13H,1-3H3,(H2,19,21). The van der Waals surface area contributed by atoms with E-state index >= 15 is 0 Å². The van der Waals surface area contributed by atoms with Crippen LogP contribution >= 0.6 is 0 Å². The first-order chi connectivity index (χ1) is 10.4. The van der Waals surface area contributed by atoms with Gasteiger partial charge in [-0.1, -0.05) is 29.8 Å². The van der Waals surface area contributed by atoms with E-state index in [4.69, 9.17) is 5.73 Å². The van der Waals surface area contributed by atoms with Crippen molar-refractivity contribution in [2.45, 2.75) is 19.9 Å². The van der Waals surface area contributed by atoms with E-state index in [0.29, 0.717) is 11.1 Å². The number of aryl methyl sites for hydroxylation is 1. The van der Waals surface area contributed by atoms with Gasteiger partial charge in [-0.25, -0.2) is 0 Å². The molecule has 22 heavy (non-hydrogen) atoms. The minimum Gasteiger partial charge on any atom is -0.366 e. The van der Waals surface area contributed by atoms with Crippen molar-refractivity contribution in [2.24, 2.45) is 5.73 Å². The molecule has 0 aliphatic carbocycles. The number of nitrogens with two attached hydrogens (primary N) is 1. The minimum atomic E-state index is -0.500. The number of carbonyl (C=O) groups excluding carboxylic acids is 2. The van der Waals surface area contributed by atoms with E-state index in [2.05, 4.69) is 0 Å². The van der Waals surface area contributed by atoms with E-state index in [-0.39, 0.29) is 11.9 Å². The fraction of sp³-hybridized carbons (Fsp3) is 0.222. The van der Waals surface area contributed by atoms with Gasteiger partial charge in [0.15, 0.2) is 0 Å². The summed E-state index contributed by atoms with van der Waals surface area (Å²) in [5, 5.41) is 0. The second-order valence-corrected chi connectivity index (χ2v) is 5.44.